The van der Waals surface area contributed by atoms with Crippen molar-refractivity contribution in [3.8, 4) is 5.75 Å². The maximum Gasteiger partial charge on any atom is 0.316 e. The van der Waals surface area contributed by atoms with Gasteiger partial charge in [-0.1, -0.05) is 38.7 Å². The van der Waals surface area contributed by atoms with Crippen molar-refractivity contribution in [3.05, 3.63) is 23.8 Å². The molecule has 156 valence electrons. The maximum atomic E-state index is 13.1. The van der Waals surface area contributed by atoms with Crippen LogP contribution in [0.25, 0.3) is 0 Å². The second-order valence-corrected chi connectivity index (χ2v) is 7.42. The van der Waals surface area contributed by atoms with Gasteiger partial charge in [-0.2, -0.15) is 8.42 Å². The molecule has 1 atom stereocenters. The van der Waals surface area contributed by atoms with Gasteiger partial charge in [0.1, 0.15) is 11.4 Å². The number of hydrogen-bond donors (Lipinski definition) is 1. The van der Waals surface area contributed by atoms with Crippen LogP contribution < -0.4 is 10.1 Å². The Morgan fingerprint density at radius 2 is 1.96 bits per heavy atom. The highest BCUT2D eigenvalue weighted by Gasteiger charge is 2.25. The quantitative estimate of drug-likeness (QED) is 0.451. The number of benzene rings is 1. The van der Waals surface area contributed by atoms with Gasteiger partial charge < -0.3 is 10.1 Å². The van der Waals surface area contributed by atoms with Crippen molar-refractivity contribution in [2.75, 3.05) is 20.7 Å². The number of carbonyl (C=O) groups is 1. The number of nitrogens with zero attached hydrogens (tertiary/aromatic N) is 2. The molecule has 9 heteroatoms. The third-order valence-electron chi connectivity index (χ3n) is 4.46. The normalized spacial score (nSPS) is 11.4. The lowest BCUT2D eigenvalue weighted by atomic mass is 9.98. The molecular weight excluding hydrogens is 398 g/mol. The highest BCUT2D eigenvalue weighted by molar-refractivity contribution is 7.80. The maximum absolute atomic E-state index is 13.1. The average Bonchev–Trinajstić information content (AvgIpc) is 2.68. The molecule has 0 spiro atoms. The fourth-order valence-corrected chi connectivity index (χ4v) is 3.31. The van der Waals surface area contributed by atoms with E-state index in [1.54, 1.807) is 37.1 Å². The number of carbonyl (C=O) groups excluding carboxylic acids is 1. The Kier molecular flexibility index (Phi) is 10.7. The SMILES string of the molecule is CCCCCCCN(C(=O)C(C)c1ccc(OC)c(N=S(=O)=O)c1)C(=S)NC. The summed E-state index contributed by atoms with van der Waals surface area (Å²) >= 11 is 5.32. The van der Waals surface area contributed by atoms with Crippen molar-refractivity contribution in [2.24, 2.45) is 4.36 Å². The van der Waals surface area contributed by atoms with Gasteiger partial charge >= 0.3 is 10.5 Å². The van der Waals surface area contributed by atoms with Crippen LogP contribution >= 0.6 is 12.2 Å². The Balaban J connectivity index is 3.02. The molecule has 0 radical (unpaired) electrons. The largest absolute Gasteiger partial charge is 0.494 e. The Morgan fingerprint density at radius 1 is 1.29 bits per heavy atom. The summed E-state index contributed by atoms with van der Waals surface area (Å²) in [6.45, 7) is 4.47. The summed E-state index contributed by atoms with van der Waals surface area (Å²) < 4.78 is 30.6. The van der Waals surface area contributed by atoms with Crippen LogP contribution in [0, 0.1) is 0 Å². The van der Waals surface area contributed by atoms with Crippen LogP contribution in [0.5, 0.6) is 5.75 Å². The highest BCUT2D eigenvalue weighted by Crippen LogP contribution is 2.31. The zero-order chi connectivity index (χ0) is 21.1. The topological polar surface area (TPSA) is 88.1 Å². The third-order valence-corrected chi connectivity index (χ3v) is 5.23. The lowest BCUT2D eigenvalue weighted by Gasteiger charge is -2.26. The molecular formula is C19H29N3O4S2. The molecule has 0 aromatic heterocycles. The smallest absolute Gasteiger partial charge is 0.316 e. The van der Waals surface area contributed by atoms with Crippen molar-refractivity contribution in [3.63, 3.8) is 0 Å². The number of unbranched alkanes of at least 4 members (excludes halogenated alkanes) is 4. The lowest BCUT2D eigenvalue weighted by molar-refractivity contribution is -0.128. The van der Waals surface area contributed by atoms with Crippen molar-refractivity contribution in [1.82, 2.24) is 10.2 Å². The summed E-state index contributed by atoms with van der Waals surface area (Å²) in [5.74, 6) is -0.331. The summed E-state index contributed by atoms with van der Waals surface area (Å²) in [5.41, 5.74) is 0.806. The van der Waals surface area contributed by atoms with Crippen LogP contribution in [-0.4, -0.2) is 45.0 Å². The minimum atomic E-state index is -2.62. The van der Waals surface area contributed by atoms with Gasteiger partial charge in [0.2, 0.25) is 5.91 Å². The Morgan fingerprint density at radius 3 is 2.54 bits per heavy atom. The Bertz CT molecular complexity index is 801. The summed E-state index contributed by atoms with van der Waals surface area (Å²) in [5, 5.41) is 3.26. The molecule has 1 N–H and O–H groups in total. The molecule has 1 rings (SSSR count). The first kappa shape index (κ1) is 24.0. The molecule has 28 heavy (non-hydrogen) atoms. The van der Waals surface area contributed by atoms with Gasteiger partial charge in [-0.05, 0) is 43.3 Å². The second kappa shape index (κ2) is 12.5. The third kappa shape index (κ3) is 7.20. The highest BCUT2D eigenvalue weighted by atomic mass is 32.2. The van der Waals surface area contributed by atoms with E-state index in [1.807, 2.05) is 0 Å². The summed E-state index contributed by atoms with van der Waals surface area (Å²) in [4.78, 5) is 14.6. The van der Waals surface area contributed by atoms with E-state index in [4.69, 9.17) is 17.0 Å². The van der Waals surface area contributed by atoms with E-state index >= 15 is 0 Å². The van der Waals surface area contributed by atoms with E-state index < -0.39 is 16.4 Å². The van der Waals surface area contributed by atoms with Crippen molar-refractivity contribution in [2.45, 2.75) is 51.9 Å². The predicted molar refractivity (Wildman–Crippen MR) is 115 cm³/mol. The fraction of sp³-hybridized carbons (Fsp3) is 0.579. The molecule has 0 fully saturated rings. The molecule has 0 aliphatic heterocycles. The van der Waals surface area contributed by atoms with E-state index in [0.717, 1.165) is 25.7 Å². The molecule has 1 unspecified atom stereocenters. The molecule has 1 aromatic rings. The second-order valence-electron chi connectivity index (χ2n) is 6.42. The van der Waals surface area contributed by atoms with Crippen LogP contribution in [0.15, 0.2) is 22.6 Å². The van der Waals surface area contributed by atoms with E-state index in [2.05, 4.69) is 16.6 Å². The molecule has 1 aromatic carbocycles. The number of methoxy groups -OCH3 is 1. The molecule has 0 bridgehead atoms. The number of amides is 1. The van der Waals surface area contributed by atoms with Gasteiger partial charge in [0, 0.05) is 13.6 Å². The number of thiocarbonyl (C=S) groups is 1. The van der Waals surface area contributed by atoms with Gasteiger partial charge in [0.15, 0.2) is 5.11 Å². The summed E-state index contributed by atoms with van der Waals surface area (Å²) in [6, 6.07) is 4.89. The minimum Gasteiger partial charge on any atom is -0.494 e. The van der Waals surface area contributed by atoms with Crippen LogP contribution in [0.2, 0.25) is 0 Å². The minimum absolute atomic E-state index is 0.144. The predicted octanol–water partition coefficient (Wildman–Crippen LogP) is 3.80. The lowest BCUT2D eigenvalue weighted by Crippen LogP contribution is -2.44. The zero-order valence-electron chi connectivity index (χ0n) is 16.9. The first-order chi connectivity index (χ1) is 13.3. The monoisotopic (exact) mass is 427 g/mol. The number of hydrogen-bond acceptors (Lipinski definition) is 6. The van der Waals surface area contributed by atoms with E-state index in [9.17, 15) is 13.2 Å². The van der Waals surface area contributed by atoms with Crippen molar-refractivity contribution in [1.29, 1.82) is 0 Å². The van der Waals surface area contributed by atoms with Crippen LogP contribution in [0.1, 0.15) is 57.4 Å². The molecule has 0 saturated heterocycles. The number of rotatable bonds is 10. The fourth-order valence-electron chi connectivity index (χ4n) is 2.82. The standard InChI is InChI=1S/C19H29N3O4S2/c1-5-6-7-8-9-12-22(19(27)20-3)18(23)14(2)15-10-11-17(26-4)16(13-15)21-28(24)25/h10-11,13-14H,5-9,12H2,1-4H3,(H,20,27). The number of nitrogens with one attached hydrogen (secondary N) is 1. The van der Waals surface area contributed by atoms with Crippen LogP contribution in [0.3, 0.4) is 0 Å². The Hall–Kier alpha value is -2.00. The van der Waals surface area contributed by atoms with Crippen molar-refractivity contribution >= 4 is 39.4 Å². The zero-order valence-corrected chi connectivity index (χ0v) is 18.5. The summed E-state index contributed by atoms with van der Waals surface area (Å²) in [7, 11) is 0.509. The van der Waals surface area contributed by atoms with Gasteiger partial charge in [-0.15, -0.1) is 4.36 Å². The number of ether oxygens (including phenoxy) is 1. The first-order valence-corrected chi connectivity index (χ1v) is 10.8. The Labute approximate surface area is 174 Å². The van der Waals surface area contributed by atoms with Gasteiger partial charge in [0.05, 0.1) is 13.0 Å². The van der Waals surface area contributed by atoms with E-state index in [0.29, 0.717) is 23.0 Å². The van der Waals surface area contributed by atoms with Gasteiger partial charge in [-0.25, -0.2) is 0 Å². The molecule has 0 heterocycles. The van der Waals surface area contributed by atoms with Crippen LogP contribution in [0.4, 0.5) is 5.69 Å². The average molecular weight is 428 g/mol. The molecule has 0 aliphatic rings. The van der Waals surface area contributed by atoms with Gasteiger partial charge in [0.25, 0.3) is 0 Å². The summed E-state index contributed by atoms with van der Waals surface area (Å²) in [6.07, 6.45) is 5.39. The van der Waals surface area contributed by atoms with E-state index in [1.165, 1.54) is 13.5 Å². The molecule has 0 aliphatic carbocycles. The van der Waals surface area contributed by atoms with Gasteiger partial charge in [-0.3, -0.25) is 9.69 Å². The first-order valence-electron chi connectivity index (χ1n) is 9.37. The molecule has 7 nitrogen and oxygen atoms in total. The molecule has 1 amide bonds. The van der Waals surface area contributed by atoms with Crippen molar-refractivity contribution < 1.29 is 17.9 Å². The molecule has 0 saturated carbocycles. The van der Waals surface area contributed by atoms with Crippen LogP contribution in [-0.2, 0) is 15.3 Å². The van der Waals surface area contributed by atoms with E-state index in [-0.39, 0.29) is 11.6 Å².